The van der Waals surface area contributed by atoms with Gasteiger partial charge in [0, 0.05) is 18.5 Å². The fourth-order valence-corrected chi connectivity index (χ4v) is 2.03. The largest absolute Gasteiger partial charge is 0.490 e. The summed E-state index contributed by atoms with van der Waals surface area (Å²) in [6.45, 7) is 6.05. The molecule has 2 unspecified atom stereocenters. The Morgan fingerprint density at radius 1 is 1.44 bits per heavy atom. The Morgan fingerprint density at radius 3 is 3.00 bits per heavy atom. The van der Waals surface area contributed by atoms with Gasteiger partial charge in [-0.15, -0.1) is 0 Å². The van der Waals surface area contributed by atoms with Crippen LogP contribution in [-0.2, 0) is 0 Å². The Balaban J connectivity index is 2.10. The summed E-state index contributed by atoms with van der Waals surface area (Å²) in [6, 6.07) is 4.70. The third-order valence-electron chi connectivity index (χ3n) is 3.14. The van der Waals surface area contributed by atoms with Crippen LogP contribution in [0.5, 0.6) is 5.75 Å². The number of aryl methyl sites for hydroxylation is 1. The lowest BCUT2D eigenvalue weighted by atomic mass is 9.98. The van der Waals surface area contributed by atoms with Gasteiger partial charge in [-0.1, -0.05) is 13.0 Å². The van der Waals surface area contributed by atoms with Crippen LogP contribution >= 0.6 is 0 Å². The second kappa shape index (κ2) is 4.83. The third-order valence-corrected chi connectivity index (χ3v) is 3.14. The molecule has 0 aromatic heterocycles. The summed E-state index contributed by atoms with van der Waals surface area (Å²) in [5.41, 5.74) is 0.993. The summed E-state index contributed by atoms with van der Waals surface area (Å²) < 4.78 is 19.0. The van der Waals surface area contributed by atoms with Gasteiger partial charge in [0.15, 0.2) is 0 Å². The van der Waals surface area contributed by atoms with Crippen molar-refractivity contribution in [2.24, 2.45) is 5.92 Å². The monoisotopic (exact) mass is 223 g/mol. The molecule has 3 heteroatoms. The molecule has 1 aromatic rings. The zero-order chi connectivity index (χ0) is 11.5. The molecule has 2 nitrogen and oxygen atoms in total. The Labute approximate surface area is 95.8 Å². The minimum absolute atomic E-state index is 0.196. The van der Waals surface area contributed by atoms with Crippen molar-refractivity contribution in [3.05, 3.63) is 29.6 Å². The normalized spacial score (nSPS) is 25.4. The molecule has 0 amide bonds. The van der Waals surface area contributed by atoms with Crippen molar-refractivity contribution < 1.29 is 9.13 Å². The van der Waals surface area contributed by atoms with Crippen LogP contribution in [0.2, 0.25) is 0 Å². The SMILES string of the molecule is Cc1ccc(F)cc1OC1CCNCC1C. The minimum Gasteiger partial charge on any atom is -0.490 e. The predicted molar refractivity (Wildman–Crippen MR) is 62.2 cm³/mol. The van der Waals surface area contributed by atoms with Crippen LogP contribution < -0.4 is 10.1 Å². The summed E-state index contributed by atoms with van der Waals surface area (Å²) in [5, 5.41) is 3.32. The molecule has 1 aliphatic heterocycles. The average molecular weight is 223 g/mol. The number of piperidine rings is 1. The van der Waals surface area contributed by atoms with Gasteiger partial charge >= 0.3 is 0 Å². The maximum atomic E-state index is 13.1. The molecule has 2 atom stereocenters. The summed E-state index contributed by atoms with van der Waals surface area (Å²) in [7, 11) is 0. The van der Waals surface area contributed by atoms with Crippen molar-refractivity contribution in [2.45, 2.75) is 26.4 Å². The fourth-order valence-electron chi connectivity index (χ4n) is 2.03. The summed E-state index contributed by atoms with van der Waals surface area (Å²) >= 11 is 0. The maximum absolute atomic E-state index is 13.1. The second-order valence-electron chi connectivity index (χ2n) is 4.54. The van der Waals surface area contributed by atoms with E-state index in [4.69, 9.17) is 4.74 Å². The molecule has 1 saturated heterocycles. The number of benzene rings is 1. The minimum atomic E-state index is -0.234. The molecule has 0 aliphatic carbocycles. The van der Waals surface area contributed by atoms with Gasteiger partial charge in [-0.3, -0.25) is 0 Å². The summed E-state index contributed by atoms with van der Waals surface area (Å²) in [6.07, 6.45) is 1.18. The van der Waals surface area contributed by atoms with Crippen LogP contribution in [0.1, 0.15) is 18.9 Å². The lowest BCUT2D eigenvalue weighted by molar-refractivity contribution is 0.111. The van der Waals surface area contributed by atoms with Gasteiger partial charge in [-0.25, -0.2) is 4.39 Å². The third kappa shape index (κ3) is 2.53. The molecule has 0 saturated carbocycles. The lowest BCUT2D eigenvalue weighted by Gasteiger charge is -2.30. The standard InChI is InChI=1S/C13H18FNO/c1-9-3-4-11(14)7-13(9)16-12-5-6-15-8-10(12)2/h3-4,7,10,12,15H,5-6,8H2,1-2H3. The van der Waals surface area contributed by atoms with Gasteiger partial charge in [0.1, 0.15) is 17.7 Å². The molecule has 0 bridgehead atoms. The molecule has 88 valence electrons. The first kappa shape index (κ1) is 11.4. The molecule has 0 radical (unpaired) electrons. The summed E-state index contributed by atoms with van der Waals surface area (Å²) in [5.74, 6) is 0.914. The second-order valence-corrected chi connectivity index (χ2v) is 4.54. The number of nitrogens with one attached hydrogen (secondary N) is 1. The van der Waals surface area contributed by atoms with E-state index in [9.17, 15) is 4.39 Å². The van der Waals surface area contributed by atoms with E-state index in [1.54, 1.807) is 6.07 Å². The molecule has 16 heavy (non-hydrogen) atoms. The highest BCUT2D eigenvalue weighted by Crippen LogP contribution is 2.24. The van der Waals surface area contributed by atoms with E-state index in [0.29, 0.717) is 11.7 Å². The molecule has 2 rings (SSSR count). The number of hydrogen-bond acceptors (Lipinski definition) is 2. The topological polar surface area (TPSA) is 21.3 Å². The van der Waals surface area contributed by atoms with Crippen LogP contribution in [0.25, 0.3) is 0 Å². The zero-order valence-corrected chi connectivity index (χ0v) is 9.79. The first-order valence-electron chi connectivity index (χ1n) is 5.80. The van der Waals surface area contributed by atoms with Crippen LogP contribution in [0, 0.1) is 18.7 Å². The van der Waals surface area contributed by atoms with Crippen LogP contribution in [0.15, 0.2) is 18.2 Å². The Kier molecular flexibility index (Phi) is 3.44. The van der Waals surface area contributed by atoms with E-state index in [0.717, 1.165) is 25.1 Å². The van der Waals surface area contributed by atoms with Crippen LogP contribution in [-0.4, -0.2) is 19.2 Å². The van der Waals surface area contributed by atoms with Gasteiger partial charge in [0.25, 0.3) is 0 Å². The van der Waals surface area contributed by atoms with Crippen molar-refractivity contribution in [1.29, 1.82) is 0 Å². The smallest absolute Gasteiger partial charge is 0.126 e. The Bertz CT molecular complexity index is 367. The highest BCUT2D eigenvalue weighted by atomic mass is 19.1. The molecule has 1 fully saturated rings. The maximum Gasteiger partial charge on any atom is 0.126 e. The fraction of sp³-hybridized carbons (Fsp3) is 0.538. The molecular weight excluding hydrogens is 205 g/mol. The van der Waals surface area contributed by atoms with Crippen molar-refractivity contribution in [3.63, 3.8) is 0 Å². The quantitative estimate of drug-likeness (QED) is 0.831. The van der Waals surface area contributed by atoms with Crippen molar-refractivity contribution in [1.82, 2.24) is 5.32 Å². The van der Waals surface area contributed by atoms with E-state index in [1.165, 1.54) is 12.1 Å². The molecule has 1 heterocycles. The first-order chi connectivity index (χ1) is 7.66. The van der Waals surface area contributed by atoms with Crippen molar-refractivity contribution in [3.8, 4) is 5.75 Å². The van der Waals surface area contributed by atoms with E-state index in [1.807, 2.05) is 6.92 Å². The van der Waals surface area contributed by atoms with Gasteiger partial charge in [-0.2, -0.15) is 0 Å². The first-order valence-corrected chi connectivity index (χ1v) is 5.80. The molecular formula is C13H18FNO. The predicted octanol–water partition coefficient (Wildman–Crippen LogP) is 2.51. The van der Waals surface area contributed by atoms with Gasteiger partial charge in [0.05, 0.1) is 0 Å². The number of halogens is 1. The van der Waals surface area contributed by atoms with Crippen LogP contribution in [0.3, 0.4) is 0 Å². The number of rotatable bonds is 2. The van der Waals surface area contributed by atoms with E-state index in [2.05, 4.69) is 12.2 Å². The van der Waals surface area contributed by atoms with Crippen molar-refractivity contribution >= 4 is 0 Å². The van der Waals surface area contributed by atoms with Crippen molar-refractivity contribution in [2.75, 3.05) is 13.1 Å². The van der Waals surface area contributed by atoms with E-state index < -0.39 is 0 Å². The molecule has 1 aliphatic rings. The zero-order valence-electron chi connectivity index (χ0n) is 9.79. The Hall–Kier alpha value is -1.09. The Morgan fingerprint density at radius 2 is 2.25 bits per heavy atom. The van der Waals surface area contributed by atoms with E-state index in [-0.39, 0.29) is 11.9 Å². The van der Waals surface area contributed by atoms with Crippen LogP contribution in [0.4, 0.5) is 4.39 Å². The molecule has 1 N–H and O–H groups in total. The number of hydrogen-bond donors (Lipinski definition) is 1. The molecule has 0 spiro atoms. The number of ether oxygens (including phenoxy) is 1. The lowest BCUT2D eigenvalue weighted by Crippen LogP contribution is -2.41. The van der Waals surface area contributed by atoms with Gasteiger partial charge in [-0.05, 0) is 31.5 Å². The van der Waals surface area contributed by atoms with E-state index >= 15 is 0 Å². The average Bonchev–Trinajstić information content (AvgIpc) is 2.27. The molecule has 1 aromatic carbocycles. The van der Waals surface area contributed by atoms with Gasteiger partial charge in [0.2, 0.25) is 0 Å². The van der Waals surface area contributed by atoms with Gasteiger partial charge < -0.3 is 10.1 Å². The highest BCUT2D eigenvalue weighted by Gasteiger charge is 2.23. The highest BCUT2D eigenvalue weighted by molar-refractivity contribution is 5.32. The summed E-state index contributed by atoms with van der Waals surface area (Å²) in [4.78, 5) is 0.